The number of aliphatic hydroxyl groups is 1. The van der Waals surface area contributed by atoms with E-state index in [1.54, 1.807) is 0 Å². The van der Waals surface area contributed by atoms with Crippen LogP contribution in [0.2, 0.25) is 0 Å². The summed E-state index contributed by atoms with van der Waals surface area (Å²) in [6.45, 7) is 1.70. The first kappa shape index (κ1) is 9.48. The van der Waals surface area contributed by atoms with Gasteiger partial charge in [-0.15, -0.1) is 0 Å². The Kier molecular flexibility index (Phi) is 3.49. The number of likely N-dealkylation sites (tertiary alicyclic amines) is 1. The van der Waals surface area contributed by atoms with Crippen LogP contribution in [0, 0.1) is 0 Å². The molecule has 4 nitrogen and oxygen atoms in total. The molecule has 0 radical (unpaired) electrons. The van der Waals surface area contributed by atoms with Gasteiger partial charge in [0.1, 0.15) is 6.04 Å². The maximum absolute atomic E-state index is 10.7. The second kappa shape index (κ2) is 4.42. The Morgan fingerprint density at radius 1 is 1.58 bits per heavy atom. The van der Waals surface area contributed by atoms with Crippen molar-refractivity contribution in [2.24, 2.45) is 0 Å². The van der Waals surface area contributed by atoms with Crippen molar-refractivity contribution in [1.29, 1.82) is 0 Å². The van der Waals surface area contributed by atoms with Crippen LogP contribution in [-0.2, 0) is 4.79 Å². The first-order chi connectivity index (χ1) is 5.75. The molecule has 0 saturated carbocycles. The summed E-state index contributed by atoms with van der Waals surface area (Å²) in [6, 6.07) is -0.309. The SMILES string of the molecule is O=C(O)[C@@H]1CCCN1CCCO. The van der Waals surface area contributed by atoms with E-state index in [0.29, 0.717) is 13.0 Å². The largest absolute Gasteiger partial charge is 0.480 e. The molecule has 12 heavy (non-hydrogen) atoms. The number of aliphatic hydroxyl groups excluding tert-OH is 1. The summed E-state index contributed by atoms with van der Waals surface area (Å²) < 4.78 is 0. The maximum atomic E-state index is 10.7. The molecule has 0 aromatic heterocycles. The van der Waals surface area contributed by atoms with Gasteiger partial charge in [0.05, 0.1) is 0 Å². The molecular formula is C8H15NO3. The number of nitrogens with zero attached hydrogens (tertiary/aromatic N) is 1. The predicted molar refractivity (Wildman–Crippen MR) is 43.9 cm³/mol. The Hall–Kier alpha value is -0.610. The van der Waals surface area contributed by atoms with Crippen molar-refractivity contribution in [2.45, 2.75) is 25.3 Å². The van der Waals surface area contributed by atoms with Crippen molar-refractivity contribution in [3.8, 4) is 0 Å². The molecule has 0 spiro atoms. The lowest BCUT2D eigenvalue weighted by Crippen LogP contribution is -2.36. The fourth-order valence-electron chi connectivity index (χ4n) is 1.65. The summed E-state index contributed by atoms with van der Waals surface area (Å²) in [5.74, 6) is -0.731. The van der Waals surface area contributed by atoms with Crippen molar-refractivity contribution in [3.05, 3.63) is 0 Å². The van der Waals surface area contributed by atoms with E-state index in [4.69, 9.17) is 10.2 Å². The van der Waals surface area contributed by atoms with E-state index in [9.17, 15) is 4.79 Å². The highest BCUT2D eigenvalue weighted by Gasteiger charge is 2.29. The summed E-state index contributed by atoms with van der Waals surface area (Å²) in [5.41, 5.74) is 0. The van der Waals surface area contributed by atoms with Gasteiger partial charge in [0.2, 0.25) is 0 Å². The van der Waals surface area contributed by atoms with Crippen LogP contribution in [0.25, 0.3) is 0 Å². The normalized spacial score (nSPS) is 24.6. The number of hydrogen-bond donors (Lipinski definition) is 2. The van der Waals surface area contributed by atoms with Crippen molar-refractivity contribution in [3.63, 3.8) is 0 Å². The second-order valence-corrected chi connectivity index (χ2v) is 3.11. The fraction of sp³-hybridized carbons (Fsp3) is 0.875. The lowest BCUT2D eigenvalue weighted by Gasteiger charge is -2.19. The molecule has 4 heteroatoms. The minimum Gasteiger partial charge on any atom is -0.480 e. The van der Waals surface area contributed by atoms with E-state index in [1.807, 2.05) is 4.90 Å². The summed E-state index contributed by atoms with van der Waals surface area (Å²) in [6.07, 6.45) is 2.38. The third-order valence-corrected chi connectivity index (χ3v) is 2.25. The summed E-state index contributed by atoms with van der Waals surface area (Å²) in [4.78, 5) is 12.6. The zero-order valence-corrected chi connectivity index (χ0v) is 7.07. The smallest absolute Gasteiger partial charge is 0.320 e. The van der Waals surface area contributed by atoms with Crippen molar-refractivity contribution in [2.75, 3.05) is 19.7 Å². The van der Waals surface area contributed by atoms with Crippen LogP contribution < -0.4 is 0 Å². The molecular weight excluding hydrogens is 158 g/mol. The molecule has 1 aliphatic rings. The molecule has 0 bridgehead atoms. The van der Waals surface area contributed by atoms with E-state index < -0.39 is 5.97 Å². The van der Waals surface area contributed by atoms with Crippen LogP contribution in [0.3, 0.4) is 0 Å². The third-order valence-electron chi connectivity index (χ3n) is 2.25. The topological polar surface area (TPSA) is 60.8 Å². The van der Waals surface area contributed by atoms with Crippen LogP contribution in [0.15, 0.2) is 0 Å². The number of hydrogen-bond acceptors (Lipinski definition) is 3. The van der Waals surface area contributed by atoms with Gasteiger partial charge >= 0.3 is 5.97 Å². The lowest BCUT2D eigenvalue weighted by molar-refractivity contribution is -0.142. The molecule has 2 N–H and O–H groups in total. The first-order valence-electron chi connectivity index (χ1n) is 4.33. The summed E-state index contributed by atoms with van der Waals surface area (Å²) in [5, 5.41) is 17.4. The fourth-order valence-corrected chi connectivity index (χ4v) is 1.65. The van der Waals surface area contributed by atoms with Gasteiger partial charge in [0, 0.05) is 13.2 Å². The number of carboxylic acid groups (broad SMARTS) is 1. The minimum atomic E-state index is -0.731. The van der Waals surface area contributed by atoms with E-state index in [-0.39, 0.29) is 12.6 Å². The Labute approximate surface area is 71.8 Å². The summed E-state index contributed by atoms with van der Waals surface area (Å²) in [7, 11) is 0. The predicted octanol–water partition coefficient (Wildman–Crippen LogP) is -0.0822. The maximum Gasteiger partial charge on any atom is 0.320 e. The Morgan fingerprint density at radius 3 is 2.92 bits per heavy atom. The minimum absolute atomic E-state index is 0.142. The van der Waals surface area contributed by atoms with Crippen LogP contribution in [-0.4, -0.2) is 46.8 Å². The van der Waals surface area contributed by atoms with Gasteiger partial charge in [0.25, 0.3) is 0 Å². The molecule has 1 atom stereocenters. The van der Waals surface area contributed by atoms with Crippen molar-refractivity contribution < 1.29 is 15.0 Å². The molecule has 1 heterocycles. The van der Waals surface area contributed by atoms with Crippen LogP contribution in [0.4, 0.5) is 0 Å². The molecule has 0 aromatic rings. The lowest BCUT2D eigenvalue weighted by atomic mass is 10.2. The molecule has 1 aliphatic heterocycles. The van der Waals surface area contributed by atoms with Crippen LogP contribution in [0.5, 0.6) is 0 Å². The number of carbonyl (C=O) groups is 1. The Bertz CT molecular complexity index is 160. The Balaban J connectivity index is 2.35. The van der Waals surface area contributed by atoms with E-state index in [2.05, 4.69) is 0 Å². The average Bonchev–Trinajstić information content (AvgIpc) is 2.48. The van der Waals surface area contributed by atoms with Gasteiger partial charge in [0.15, 0.2) is 0 Å². The molecule has 1 saturated heterocycles. The highest BCUT2D eigenvalue weighted by molar-refractivity contribution is 5.73. The molecule has 0 aliphatic carbocycles. The van der Waals surface area contributed by atoms with Crippen LogP contribution in [0.1, 0.15) is 19.3 Å². The van der Waals surface area contributed by atoms with E-state index >= 15 is 0 Å². The highest BCUT2D eigenvalue weighted by Crippen LogP contribution is 2.16. The molecule has 0 aromatic carbocycles. The summed E-state index contributed by atoms with van der Waals surface area (Å²) >= 11 is 0. The average molecular weight is 173 g/mol. The molecule has 1 rings (SSSR count). The van der Waals surface area contributed by atoms with Gasteiger partial charge < -0.3 is 10.2 Å². The van der Waals surface area contributed by atoms with Crippen molar-refractivity contribution in [1.82, 2.24) is 4.90 Å². The highest BCUT2D eigenvalue weighted by atomic mass is 16.4. The van der Waals surface area contributed by atoms with E-state index in [0.717, 1.165) is 19.4 Å². The molecule has 0 unspecified atom stereocenters. The number of aliphatic carboxylic acids is 1. The van der Waals surface area contributed by atoms with Gasteiger partial charge in [-0.25, -0.2) is 0 Å². The van der Waals surface area contributed by atoms with Crippen molar-refractivity contribution >= 4 is 5.97 Å². The number of carboxylic acids is 1. The first-order valence-corrected chi connectivity index (χ1v) is 4.33. The zero-order valence-electron chi connectivity index (χ0n) is 7.07. The zero-order chi connectivity index (χ0) is 8.97. The second-order valence-electron chi connectivity index (χ2n) is 3.11. The Morgan fingerprint density at radius 2 is 2.33 bits per heavy atom. The molecule has 1 fully saturated rings. The van der Waals surface area contributed by atoms with Crippen LogP contribution >= 0.6 is 0 Å². The monoisotopic (exact) mass is 173 g/mol. The van der Waals surface area contributed by atoms with Gasteiger partial charge in [-0.05, 0) is 25.8 Å². The molecule has 0 amide bonds. The van der Waals surface area contributed by atoms with E-state index in [1.165, 1.54) is 0 Å². The van der Waals surface area contributed by atoms with Gasteiger partial charge in [-0.3, -0.25) is 9.69 Å². The van der Waals surface area contributed by atoms with Gasteiger partial charge in [-0.1, -0.05) is 0 Å². The van der Waals surface area contributed by atoms with Gasteiger partial charge in [-0.2, -0.15) is 0 Å². The quantitative estimate of drug-likeness (QED) is 0.624. The standard InChI is InChI=1S/C8H15NO3/c10-6-2-5-9-4-1-3-7(9)8(11)12/h7,10H,1-6H2,(H,11,12)/t7-/m0/s1. The number of rotatable bonds is 4. The third kappa shape index (κ3) is 2.19. The molecule has 70 valence electrons.